The van der Waals surface area contributed by atoms with Crippen LogP contribution in [-0.4, -0.2) is 26.0 Å². The highest BCUT2D eigenvalue weighted by molar-refractivity contribution is 5.73. The molecule has 0 saturated heterocycles. The molecule has 0 N–H and O–H groups in total. The summed E-state index contributed by atoms with van der Waals surface area (Å²) in [5.41, 5.74) is 6.46. The number of hydrogen-bond acceptors (Lipinski definition) is 4. The Morgan fingerprint density at radius 1 is 0.818 bits per heavy atom. The van der Waals surface area contributed by atoms with Gasteiger partial charge in [-0.1, -0.05) is 13.8 Å². The minimum atomic E-state index is -0.264. The topological polar surface area (TPSA) is 52.3 Å². The number of pyridine rings is 3. The van der Waals surface area contributed by atoms with Crippen molar-refractivity contribution < 1.29 is 9.13 Å². The molecule has 6 heteroatoms. The highest BCUT2D eigenvalue weighted by atomic mass is 19.1. The zero-order chi connectivity index (χ0) is 22.8. The SMILES string of the molecule is CC(C)COc1ccc(-c2ccn3c(-c4ccnc(-c5ccc(F)cc5)c4)cnc3c2)cn1. The summed E-state index contributed by atoms with van der Waals surface area (Å²) in [6, 6.07) is 18.3. The van der Waals surface area contributed by atoms with Gasteiger partial charge in [0.1, 0.15) is 11.5 Å². The number of halogens is 1. The normalized spacial score (nSPS) is 11.3. The van der Waals surface area contributed by atoms with Gasteiger partial charge in [-0.15, -0.1) is 0 Å². The van der Waals surface area contributed by atoms with Gasteiger partial charge in [0.05, 0.1) is 24.2 Å². The summed E-state index contributed by atoms with van der Waals surface area (Å²) >= 11 is 0. The highest BCUT2D eigenvalue weighted by Crippen LogP contribution is 2.28. The van der Waals surface area contributed by atoms with Crippen molar-refractivity contribution in [3.8, 4) is 39.5 Å². The van der Waals surface area contributed by atoms with E-state index >= 15 is 0 Å². The quantitative estimate of drug-likeness (QED) is 0.312. The summed E-state index contributed by atoms with van der Waals surface area (Å²) in [5, 5.41) is 0. The maximum Gasteiger partial charge on any atom is 0.213 e. The Hall–Kier alpha value is -4.06. The fraction of sp³-hybridized carbons (Fsp3) is 0.148. The Bertz CT molecular complexity index is 1390. The van der Waals surface area contributed by atoms with Gasteiger partial charge in [-0.2, -0.15) is 0 Å². The molecule has 0 fully saturated rings. The van der Waals surface area contributed by atoms with Gasteiger partial charge in [0.25, 0.3) is 0 Å². The van der Waals surface area contributed by atoms with Crippen LogP contribution in [0.3, 0.4) is 0 Å². The second kappa shape index (κ2) is 8.82. The van der Waals surface area contributed by atoms with Crippen molar-refractivity contribution in [1.29, 1.82) is 0 Å². The molecule has 4 aromatic heterocycles. The molecule has 1 aromatic carbocycles. The van der Waals surface area contributed by atoms with Gasteiger partial charge in [-0.3, -0.25) is 9.38 Å². The number of imidazole rings is 1. The molecule has 5 nitrogen and oxygen atoms in total. The van der Waals surface area contributed by atoms with E-state index in [1.165, 1.54) is 12.1 Å². The van der Waals surface area contributed by atoms with Crippen molar-refractivity contribution in [3.05, 3.63) is 91.3 Å². The third kappa shape index (κ3) is 4.46. The van der Waals surface area contributed by atoms with Crippen LogP contribution in [0.15, 0.2) is 85.5 Å². The van der Waals surface area contributed by atoms with E-state index in [-0.39, 0.29) is 5.82 Å². The molecule has 5 rings (SSSR count). The van der Waals surface area contributed by atoms with Crippen molar-refractivity contribution in [2.75, 3.05) is 6.61 Å². The van der Waals surface area contributed by atoms with E-state index in [0.717, 1.165) is 39.3 Å². The van der Waals surface area contributed by atoms with Crippen molar-refractivity contribution in [3.63, 3.8) is 0 Å². The molecule has 0 unspecified atom stereocenters. The first kappa shape index (κ1) is 20.8. The van der Waals surface area contributed by atoms with E-state index in [2.05, 4.69) is 28.8 Å². The molecular weight excluding hydrogens is 415 g/mol. The van der Waals surface area contributed by atoms with Gasteiger partial charge in [0, 0.05) is 41.3 Å². The number of ether oxygens (including phenoxy) is 1. The molecule has 0 aliphatic rings. The Morgan fingerprint density at radius 3 is 2.39 bits per heavy atom. The smallest absolute Gasteiger partial charge is 0.213 e. The number of nitrogens with zero attached hydrogens (tertiary/aromatic N) is 4. The predicted octanol–water partition coefficient (Wildman–Crippen LogP) is 6.30. The maximum absolute atomic E-state index is 13.3. The van der Waals surface area contributed by atoms with E-state index in [1.54, 1.807) is 18.3 Å². The average molecular weight is 439 g/mol. The summed E-state index contributed by atoms with van der Waals surface area (Å²) in [4.78, 5) is 13.5. The third-order valence-electron chi connectivity index (χ3n) is 5.34. The lowest BCUT2D eigenvalue weighted by atomic mass is 10.1. The van der Waals surface area contributed by atoms with Gasteiger partial charge in [-0.25, -0.2) is 14.4 Å². The van der Waals surface area contributed by atoms with Crippen LogP contribution in [0.1, 0.15) is 13.8 Å². The van der Waals surface area contributed by atoms with Gasteiger partial charge in [0.2, 0.25) is 5.88 Å². The van der Waals surface area contributed by atoms with Crippen LogP contribution in [-0.2, 0) is 0 Å². The second-order valence-corrected chi connectivity index (χ2v) is 8.31. The van der Waals surface area contributed by atoms with Crippen molar-refractivity contribution >= 4 is 5.65 Å². The first-order valence-electron chi connectivity index (χ1n) is 10.9. The number of hydrogen-bond donors (Lipinski definition) is 0. The van der Waals surface area contributed by atoms with Crippen LogP contribution in [0.2, 0.25) is 0 Å². The summed E-state index contributed by atoms with van der Waals surface area (Å²) in [7, 11) is 0. The zero-order valence-electron chi connectivity index (χ0n) is 18.4. The van der Waals surface area contributed by atoms with Gasteiger partial charge in [0.15, 0.2) is 0 Å². The summed E-state index contributed by atoms with van der Waals surface area (Å²) in [6.07, 6.45) is 7.44. The molecule has 0 bridgehead atoms. The predicted molar refractivity (Wildman–Crippen MR) is 127 cm³/mol. The molecular formula is C27H23FN4O. The zero-order valence-corrected chi connectivity index (χ0v) is 18.4. The molecule has 0 saturated carbocycles. The molecule has 0 amide bonds. The summed E-state index contributed by atoms with van der Waals surface area (Å²) in [5.74, 6) is 0.822. The lowest BCUT2D eigenvalue weighted by Crippen LogP contribution is -2.05. The van der Waals surface area contributed by atoms with E-state index < -0.39 is 0 Å². The molecule has 0 aliphatic carbocycles. The van der Waals surface area contributed by atoms with Crippen LogP contribution in [0.5, 0.6) is 5.88 Å². The van der Waals surface area contributed by atoms with Gasteiger partial charge in [-0.05, 0) is 66.1 Å². The van der Waals surface area contributed by atoms with Gasteiger partial charge >= 0.3 is 0 Å². The van der Waals surface area contributed by atoms with E-state index in [9.17, 15) is 4.39 Å². The Balaban J connectivity index is 1.43. The van der Waals surface area contributed by atoms with Crippen LogP contribution in [0.4, 0.5) is 4.39 Å². The molecule has 4 heterocycles. The lowest BCUT2D eigenvalue weighted by molar-refractivity contribution is 0.261. The lowest BCUT2D eigenvalue weighted by Gasteiger charge is -2.09. The van der Waals surface area contributed by atoms with E-state index in [4.69, 9.17) is 4.74 Å². The molecule has 0 atom stereocenters. The van der Waals surface area contributed by atoms with Crippen molar-refractivity contribution in [2.45, 2.75) is 13.8 Å². The molecule has 164 valence electrons. The van der Waals surface area contributed by atoms with E-state index in [1.807, 2.05) is 59.4 Å². The van der Waals surface area contributed by atoms with E-state index in [0.29, 0.717) is 18.4 Å². The largest absolute Gasteiger partial charge is 0.477 e. The highest BCUT2D eigenvalue weighted by Gasteiger charge is 2.10. The monoisotopic (exact) mass is 438 g/mol. The molecule has 0 spiro atoms. The fourth-order valence-corrected chi connectivity index (χ4v) is 3.63. The van der Waals surface area contributed by atoms with Crippen molar-refractivity contribution in [2.24, 2.45) is 5.92 Å². The number of benzene rings is 1. The molecule has 5 aromatic rings. The maximum atomic E-state index is 13.3. The van der Waals surface area contributed by atoms with Crippen LogP contribution in [0, 0.1) is 11.7 Å². The molecule has 0 radical (unpaired) electrons. The molecule has 0 aliphatic heterocycles. The van der Waals surface area contributed by atoms with Crippen LogP contribution in [0.25, 0.3) is 39.3 Å². The Morgan fingerprint density at radius 2 is 1.64 bits per heavy atom. The summed E-state index contributed by atoms with van der Waals surface area (Å²) in [6.45, 7) is 4.86. The van der Waals surface area contributed by atoms with Gasteiger partial charge < -0.3 is 4.74 Å². The van der Waals surface area contributed by atoms with Crippen molar-refractivity contribution in [1.82, 2.24) is 19.4 Å². The Labute approximate surface area is 191 Å². The minimum Gasteiger partial charge on any atom is -0.477 e. The number of rotatable bonds is 6. The minimum absolute atomic E-state index is 0.264. The second-order valence-electron chi connectivity index (χ2n) is 8.31. The first-order chi connectivity index (χ1) is 16.1. The summed E-state index contributed by atoms with van der Waals surface area (Å²) < 4.78 is 21.0. The standard InChI is InChI=1S/C27H23FN4O/c1-18(2)17-33-27-8-5-22(15-31-27)20-10-12-32-25(16-30-26(32)14-20)21-9-11-29-24(13-21)19-3-6-23(28)7-4-19/h3-16,18H,17H2,1-2H3. The average Bonchev–Trinajstić information content (AvgIpc) is 3.27. The molecule has 33 heavy (non-hydrogen) atoms. The number of aromatic nitrogens is 4. The van der Waals surface area contributed by atoms with Crippen LogP contribution >= 0.6 is 0 Å². The van der Waals surface area contributed by atoms with Crippen LogP contribution < -0.4 is 4.74 Å². The third-order valence-corrected chi connectivity index (χ3v) is 5.34. The first-order valence-corrected chi connectivity index (χ1v) is 10.9. The Kier molecular flexibility index (Phi) is 5.57. The number of fused-ring (bicyclic) bond motifs is 1. The fourth-order valence-electron chi connectivity index (χ4n) is 3.63.